The molecule has 0 radical (unpaired) electrons. The number of anilines is 6. The Bertz CT molecular complexity index is 6270. The Labute approximate surface area is 643 Å². The fraction of sp³-hybridized carbons (Fsp3) is 0.118. The number of nitrogens with zero attached hydrogens (tertiary/aromatic N) is 3. The van der Waals surface area contributed by atoms with Crippen molar-refractivity contribution >= 4 is 108 Å². The van der Waals surface area contributed by atoms with Crippen molar-refractivity contribution < 1.29 is 11.0 Å². The minimum Gasteiger partial charge on any atom is -0.310 e. The Morgan fingerprint density at radius 3 is 1.06 bits per heavy atom. The van der Waals surface area contributed by atoms with E-state index >= 15 is 0 Å². The van der Waals surface area contributed by atoms with Gasteiger partial charge in [0.2, 0.25) is 0 Å². The molecule has 0 N–H and O–H groups in total. The van der Waals surface area contributed by atoms with Crippen molar-refractivity contribution in [3.05, 3.63) is 374 Å². The third-order valence-corrected chi connectivity index (χ3v) is 27.0. The summed E-state index contributed by atoms with van der Waals surface area (Å²) in [6.45, 7) is 20.1. The molecule has 107 heavy (non-hydrogen) atoms. The van der Waals surface area contributed by atoms with Gasteiger partial charge in [0.15, 0.2) is 8.07 Å². The molecule has 18 rings (SSSR count). The maximum absolute atomic E-state index is 9.93. The molecule has 0 bridgehead atoms. The maximum atomic E-state index is 9.93. The molecule has 0 aliphatic carbocycles. The van der Waals surface area contributed by atoms with Crippen molar-refractivity contribution in [3.63, 3.8) is 0 Å². The fourth-order valence-corrected chi connectivity index (χ4v) is 21.7. The number of benzene rings is 15. The summed E-state index contributed by atoms with van der Waals surface area (Å²) in [6.07, 6.45) is 0. The molecule has 3 heterocycles. The fourth-order valence-electron chi connectivity index (χ4n) is 16.9. The summed E-state index contributed by atoms with van der Waals surface area (Å²) in [5, 5.41) is 5.08. The molecule has 16 aromatic rings. The molecule has 0 saturated carbocycles. The number of rotatable bonds is 12. The van der Waals surface area contributed by atoms with Gasteiger partial charge in [-0.15, -0.1) is 0 Å². The molecule has 5 heteroatoms. The van der Waals surface area contributed by atoms with Gasteiger partial charge in [-0.1, -0.05) is 353 Å². The van der Waals surface area contributed by atoms with Crippen molar-refractivity contribution in [2.75, 3.05) is 9.80 Å². The van der Waals surface area contributed by atoms with Crippen LogP contribution in [0.15, 0.2) is 358 Å². The van der Waals surface area contributed by atoms with Crippen molar-refractivity contribution in [2.24, 2.45) is 0 Å². The molecule has 0 amide bonds. The predicted octanol–water partition coefficient (Wildman–Crippen LogP) is 22.5. The van der Waals surface area contributed by atoms with Gasteiger partial charge in [0.05, 0.1) is 33.4 Å². The molecule has 2 aliphatic heterocycles. The lowest BCUT2D eigenvalue weighted by molar-refractivity contribution is 0.590. The number of aromatic nitrogens is 1. The molecule has 0 fully saturated rings. The van der Waals surface area contributed by atoms with Crippen molar-refractivity contribution in [1.29, 1.82) is 0 Å². The van der Waals surface area contributed by atoms with Crippen molar-refractivity contribution in [2.45, 2.75) is 78.6 Å². The standard InChI is InChI=1S/C102H86BN3Si/c1-100(2,3)75-62-85(69-36-17-10-18-37-69)98(86(63-75)70-38-19-11-20-39-70)105-93-59-56-74(73-44-35-51-82(60-73)107(79-45-25-14-26-46-79,80-47-27-15-28-48-80)81-49-29-16-30-50-81)61-90(93)103-89-58-57-78(104-91-54-33-31-52-83(91)84-53-32-34-55-92(84)104)68-94(89)106(96-67-77(102(7,8)9)66-95(105)97(96)103)99-87(71-40-21-12-22-41-71)64-76(101(4,5)6)65-88(99)72-42-23-13-24-43-72/h10-68H,1-9H3/i31D,32D,33D,34D,52D,53D,54D,55D. The van der Waals surface area contributed by atoms with Crippen LogP contribution >= 0.6 is 0 Å². The average molecular weight is 1400 g/mol. The van der Waals surface area contributed by atoms with Gasteiger partial charge in [-0.2, -0.15) is 0 Å². The highest BCUT2D eigenvalue weighted by atomic mass is 28.3. The van der Waals surface area contributed by atoms with Crippen LogP contribution in [0.25, 0.3) is 83.1 Å². The highest BCUT2D eigenvalue weighted by molar-refractivity contribution is 7.20. The Hall–Kier alpha value is -12.0. The Balaban J connectivity index is 1.03. The van der Waals surface area contributed by atoms with Crippen LogP contribution in [-0.4, -0.2) is 19.4 Å². The van der Waals surface area contributed by atoms with Gasteiger partial charge in [-0.25, -0.2) is 0 Å². The first kappa shape index (κ1) is 58.3. The third kappa shape index (κ3) is 11.4. The van der Waals surface area contributed by atoms with Crippen LogP contribution in [0.4, 0.5) is 34.1 Å². The van der Waals surface area contributed by atoms with Gasteiger partial charge in [-0.05, 0) is 170 Å². The van der Waals surface area contributed by atoms with Crippen molar-refractivity contribution in [1.82, 2.24) is 4.57 Å². The van der Waals surface area contributed by atoms with Crippen LogP contribution in [0.2, 0.25) is 0 Å². The normalized spacial score (nSPS) is 13.9. The van der Waals surface area contributed by atoms with Crippen LogP contribution < -0.4 is 46.9 Å². The molecule has 1 aromatic heterocycles. The first-order chi connectivity index (χ1) is 55.3. The summed E-state index contributed by atoms with van der Waals surface area (Å²) in [5.41, 5.74) is 21.8. The zero-order valence-electron chi connectivity index (χ0n) is 69.9. The molecule has 0 atom stereocenters. The first-order valence-electron chi connectivity index (χ1n) is 41.3. The molecular weight excluding hydrogens is 1310 g/mol. The summed E-state index contributed by atoms with van der Waals surface area (Å²) in [4.78, 5) is 5.08. The van der Waals surface area contributed by atoms with Gasteiger partial charge >= 0.3 is 0 Å². The lowest BCUT2D eigenvalue weighted by Gasteiger charge is -2.47. The minimum absolute atomic E-state index is 0.0114. The van der Waals surface area contributed by atoms with Crippen LogP contribution in [0, 0.1) is 0 Å². The van der Waals surface area contributed by atoms with Crippen LogP contribution in [0.1, 0.15) is 90.0 Å². The van der Waals surface area contributed by atoms with E-state index in [0.29, 0.717) is 5.69 Å². The second kappa shape index (κ2) is 26.2. The van der Waals surface area contributed by atoms with E-state index in [0.717, 1.165) is 117 Å². The van der Waals surface area contributed by atoms with E-state index in [1.165, 1.54) is 26.3 Å². The number of para-hydroxylation sites is 2. The van der Waals surface area contributed by atoms with Gasteiger partial charge in [0.1, 0.15) is 0 Å². The van der Waals surface area contributed by atoms with E-state index in [1.807, 2.05) is 6.07 Å². The van der Waals surface area contributed by atoms with Crippen LogP contribution in [0.5, 0.6) is 0 Å². The highest BCUT2D eigenvalue weighted by Gasteiger charge is 2.47. The summed E-state index contributed by atoms with van der Waals surface area (Å²) in [6, 6.07) is 110. The molecule has 0 unspecified atom stereocenters. The van der Waals surface area contributed by atoms with E-state index in [9.17, 15) is 8.22 Å². The molecule has 0 saturated heterocycles. The predicted molar refractivity (Wildman–Crippen MR) is 462 cm³/mol. The summed E-state index contributed by atoms with van der Waals surface area (Å²) in [7, 11) is -3.08. The first-order valence-corrected chi connectivity index (χ1v) is 39.3. The number of hydrogen-bond donors (Lipinski definition) is 0. The molecule has 3 nitrogen and oxygen atoms in total. The lowest BCUT2D eigenvalue weighted by Crippen LogP contribution is -2.74. The second-order valence-corrected chi connectivity index (χ2v) is 35.6. The molecular formula is C102H86BN3Si. The minimum atomic E-state index is -3.08. The second-order valence-electron chi connectivity index (χ2n) is 31.8. The van der Waals surface area contributed by atoms with Crippen molar-refractivity contribution in [3.8, 4) is 61.3 Å². The lowest BCUT2D eigenvalue weighted by atomic mass is 9.33. The van der Waals surface area contributed by atoms with E-state index in [-0.39, 0.29) is 44.7 Å². The van der Waals surface area contributed by atoms with Gasteiger partial charge < -0.3 is 14.4 Å². The molecule has 2 aliphatic rings. The van der Waals surface area contributed by atoms with E-state index in [1.54, 1.807) is 4.57 Å². The highest BCUT2D eigenvalue weighted by Crippen LogP contribution is 2.55. The van der Waals surface area contributed by atoms with Crippen LogP contribution in [-0.2, 0) is 16.2 Å². The van der Waals surface area contributed by atoms with Gasteiger partial charge in [0.25, 0.3) is 6.71 Å². The maximum Gasteiger partial charge on any atom is 0.252 e. The zero-order valence-corrected chi connectivity index (χ0v) is 62.9. The zero-order chi connectivity index (χ0) is 79.9. The van der Waals surface area contributed by atoms with Gasteiger partial charge in [0, 0.05) is 61.5 Å². The molecule has 0 spiro atoms. The van der Waals surface area contributed by atoms with Gasteiger partial charge in [-0.3, -0.25) is 0 Å². The third-order valence-electron chi connectivity index (χ3n) is 22.2. The topological polar surface area (TPSA) is 11.4 Å². The van der Waals surface area contributed by atoms with E-state index in [2.05, 4.69) is 375 Å². The monoisotopic (exact) mass is 1400 g/mol. The summed E-state index contributed by atoms with van der Waals surface area (Å²) >= 11 is 0. The largest absolute Gasteiger partial charge is 0.310 e. The Morgan fingerprint density at radius 2 is 0.645 bits per heavy atom. The Kier molecular flexibility index (Phi) is 14.3. The van der Waals surface area contributed by atoms with E-state index in [4.69, 9.17) is 2.74 Å². The molecule has 516 valence electrons. The Morgan fingerprint density at radius 1 is 0.290 bits per heavy atom. The van der Waals surface area contributed by atoms with E-state index < -0.39 is 56.5 Å². The van der Waals surface area contributed by atoms with Crippen LogP contribution in [0.3, 0.4) is 0 Å². The molecule has 15 aromatic carbocycles. The quantitative estimate of drug-likeness (QED) is 0.0892. The SMILES string of the molecule is [2H]c1c([2H])c([2H])c2c(c1[2H])c1c([2H])c([2H])c([2H])c([2H])c1n2-c1ccc2c(c1)N(c1c(-c3ccccc3)cc(C(C)(C)C)cc1-c1ccccc1)c1cc(C(C)(C)C)cc3c1B2c1cc(-c2cccc([Si](c4ccccc4)(c4ccccc4)c4ccccc4)c2)ccc1N3c1c(-c2ccccc2)cc(C(C)(C)C)cc1-c1ccccc1. The summed E-state index contributed by atoms with van der Waals surface area (Å²) in [5.74, 6) is 0. The average Bonchev–Trinajstić information content (AvgIpc) is 1.11. The number of hydrogen-bond acceptors (Lipinski definition) is 2. The number of fused-ring (bicyclic) bond motifs is 7. The smallest absolute Gasteiger partial charge is 0.252 e. The summed E-state index contributed by atoms with van der Waals surface area (Å²) < 4.78 is 77.8.